The van der Waals surface area contributed by atoms with Gasteiger partial charge in [-0.05, 0) is 36.4 Å². The number of carbonyl (C=O) groups excluding carboxylic acids is 1. The van der Waals surface area contributed by atoms with Gasteiger partial charge in [-0.3, -0.25) is 4.90 Å². The summed E-state index contributed by atoms with van der Waals surface area (Å²) in [6, 6.07) is 10.6. The molecule has 18 heavy (non-hydrogen) atoms. The van der Waals surface area contributed by atoms with E-state index in [-0.39, 0.29) is 12.1 Å². The molecule has 0 radical (unpaired) electrons. The fourth-order valence-corrected chi connectivity index (χ4v) is 2.24. The molecule has 1 fully saturated rings. The molecule has 0 bridgehead atoms. The van der Waals surface area contributed by atoms with Crippen LogP contribution in [0.3, 0.4) is 0 Å². The Morgan fingerprint density at radius 3 is 2.72 bits per heavy atom. The first-order chi connectivity index (χ1) is 8.75. The van der Waals surface area contributed by atoms with Crippen molar-refractivity contribution >= 4 is 23.3 Å². The van der Waals surface area contributed by atoms with Crippen LogP contribution >= 0.6 is 11.6 Å². The normalized spacial score (nSPS) is 19.1. The maximum Gasteiger partial charge on any atom is 0.322 e. The average molecular weight is 263 g/mol. The molecule has 92 valence electrons. The number of furan rings is 1. The van der Waals surface area contributed by atoms with E-state index in [1.54, 1.807) is 23.3 Å². The molecule has 1 aliphatic heterocycles. The SMILES string of the molecule is O=C1NCC(c2ccco2)N1c1ccc(Cl)cc1. The van der Waals surface area contributed by atoms with E-state index in [4.69, 9.17) is 16.0 Å². The first kappa shape index (κ1) is 11.2. The summed E-state index contributed by atoms with van der Waals surface area (Å²) in [4.78, 5) is 13.6. The van der Waals surface area contributed by atoms with E-state index in [1.807, 2.05) is 24.3 Å². The molecule has 2 amide bonds. The van der Waals surface area contributed by atoms with Gasteiger partial charge in [0.25, 0.3) is 0 Å². The molecule has 0 spiro atoms. The lowest BCUT2D eigenvalue weighted by Gasteiger charge is -2.21. The number of hydrogen-bond acceptors (Lipinski definition) is 2. The van der Waals surface area contributed by atoms with Crippen LogP contribution in [0.2, 0.25) is 5.02 Å². The van der Waals surface area contributed by atoms with Gasteiger partial charge in [-0.2, -0.15) is 0 Å². The van der Waals surface area contributed by atoms with Gasteiger partial charge < -0.3 is 9.73 Å². The van der Waals surface area contributed by atoms with Gasteiger partial charge in [0.05, 0.1) is 6.26 Å². The zero-order valence-corrected chi connectivity index (χ0v) is 10.2. The lowest BCUT2D eigenvalue weighted by Crippen LogP contribution is -2.29. The molecule has 0 aliphatic carbocycles. The predicted octanol–water partition coefficient (Wildman–Crippen LogP) is 3.20. The number of benzene rings is 1. The third kappa shape index (κ3) is 1.84. The Bertz CT molecular complexity index is 551. The number of nitrogens with zero attached hydrogens (tertiary/aromatic N) is 1. The molecule has 3 rings (SSSR count). The second-order valence-corrected chi connectivity index (χ2v) is 4.50. The van der Waals surface area contributed by atoms with Gasteiger partial charge in [0, 0.05) is 17.3 Å². The summed E-state index contributed by atoms with van der Waals surface area (Å²) in [7, 11) is 0. The van der Waals surface area contributed by atoms with Crippen LogP contribution in [0.5, 0.6) is 0 Å². The number of rotatable bonds is 2. The Hall–Kier alpha value is -1.94. The highest BCUT2D eigenvalue weighted by molar-refractivity contribution is 6.30. The van der Waals surface area contributed by atoms with Crippen molar-refractivity contribution in [1.29, 1.82) is 0 Å². The Kier molecular flexibility index (Phi) is 2.72. The van der Waals surface area contributed by atoms with Gasteiger partial charge in [0.15, 0.2) is 0 Å². The minimum Gasteiger partial charge on any atom is -0.467 e. The number of halogens is 1. The average Bonchev–Trinajstić information content (AvgIpc) is 2.99. The summed E-state index contributed by atoms with van der Waals surface area (Å²) in [5, 5.41) is 3.46. The standard InChI is InChI=1S/C13H11ClN2O2/c14-9-3-5-10(6-4-9)16-11(8-15-13(16)17)12-2-1-7-18-12/h1-7,11H,8H2,(H,15,17). The van der Waals surface area contributed by atoms with Gasteiger partial charge in [-0.15, -0.1) is 0 Å². The molecular formula is C13H11ClN2O2. The lowest BCUT2D eigenvalue weighted by molar-refractivity contribution is 0.251. The van der Waals surface area contributed by atoms with E-state index in [0.717, 1.165) is 11.4 Å². The maximum absolute atomic E-state index is 11.9. The molecule has 1 atom stereocenters. The van der Waals surface area contributed by atoms with Crippen molar-refractivity contribution in [3.63, 3.8) is 0 Å². The Morgan fingerprint density at radius 2 is 2.06 bits per heavy atom. The second kappa shape index (κ2) is 4.38. The summed E-state index contributed by atoms with van der Waals surface area (Å²) in [6.45, 7) is 0.537. The van der Waals surface area contributed by atoms with Crippen LogP contribution in [-0.4, -0.2) is 12.6 Å². The molecule has 1 N–H and O–H groups in total. The zero-order chi connectivity index (χ0) is 12.5. The van der Waals surface area contributed by atoms with E-state index in [1.165, 1.54) is 0 Å². The quantitative estimate of drug-likeness (QED) is 0.903. The number of hydrogen-bond donors (Lipinski definition) is 1. The molecule has 1 saturated heterocycles. The van der Waals surface area contributed by atoms with Gasteiger partial charge in [-0.1, -0.05) is 11.6 Å². The molecule has 2 aromatic rings. The summed E-state index contributed by atoms with van der Waals surface area (Å²) >= 11 is 5.85. The first-order valence-corrected chi connectivity index (χ1v) is 5.99. The van der Waals surface area contributed by atoms with Crippen molar-refractivity contribution < 1.29 is 9.21 Å². The highest BCUT2D eigenvalue weighted by atomic mass is 35.5. The molecule has 1 unspecified atom stereocenters. The molecule has 2 heterocycles. The zero-order valence-electron chi connectivity index (χ0n) is 9.47. The molecule has 1 aliphatic rings. The van der Waals surface area contributed by atoms with Crippen LogP contribution < -0.4 is 10.2 Å². The summed E-state index contributed by atoms with van der Waals surface area (Å²) in [5.74, 6) is 0.767. The van der Waals surface area contributed by atoms with Gasteiger partial charge in [-0.25, -0.2) is 4.79 Å². The predicted molar refractivity (Wildman–Crippen MR) is 68.8 cm³/mol. The minimum absolute atomic E-state index is 0.117. The van der Waals surface area contributed by atoms with Gasteiger partial charge >= 0.3 is 6.03 Å². The van der Waals surface area contributed by atoms with Gasteiger partial charge in [0.2, 0.25) is 0 Å². The number of anilines is 1. The summed E-state index contributed by atoms with van der Waals surface area (Å²) in [6.07, 6.45) is 1.61. The van der Waals surface area contributed by atoms with Crippen LogP contribution in [0.1, 0.15) is 11.8 Å². The lowest BCUT2D eigenvalue weighted by atomic mass is 10.2. The van der Waals surface area contributed by atoms with Crippen molar-refractivity contribution in [2.75, 3.05) is 11.4 Å². The molecule has 1 aromatic heterocycles. The second-order valence-electron chi connectivity index (χ2n) is 4.06. The fraction of sp³-hybridized carbons (Fsp3) is 0.154. The topological polar surface area (TPSA) is 45.5 Å². The van der Waals surface area contributed by atoms with Crippen molar-refractivity contribution in [2.45, 2.75) is 6.04 Å². The highest BCUT2D eigenvalue weighted by Crippen LogP contribution is 2.31. The monoisotopic (exact) mass is 262 g/mol. The molecule has 5 heteroatoms. The third-order valence-electron chi connectivity index (χ3n) is 2.95. The van der Waals surface area contributed by atoms with E-state index >= 15 is 0 Å². The number of carbonyl (C=O) groups is 1. The summed E-state index contributed by atoms with van der Waals surface area (Å²) in [5.41, 5.74) is 0.802. The van der Waals surface area contributed by atoms with Crippen molar-refractivity contribution in [3.05, 3.63) is 53.4 Å². The maximum atomic E-state index is 11.9. The van der Waals surface area contributed by atoms with E-state index < -0.39 is 0 Å². The van der Waals surface area contributed by atoms with Crippen molar-refractivity contribution in [1.82, 2.24) is 5.32 Å². The van der Waals surface area contributed by atoms with Crippen molar-refractivity contribution in [3.8, 4) is 0 Å². The van der Waals surface area contributed by atoms with E-state index in [0.29, 0.717) is 11.6 Å². The highest BCUT2D eigenvalue weighted by Gasteiger charge is 2.34. The van der Waals surface area contributed by atoms with Crippen LogP contribution in [0.15, 0.2) is 47.1 Å². The summed E-state index contributed by atoms with van der Waals surface area (Å²) < 4.78 is 5.38. The van der Waals surface area contributed by atoms with Crippen LogP contribution in [0.4, 0.5) is 10.5 Å². The third-order valence-corrected chi connectivity index (χ3v) is 3.21. The number of nitrogens with one attached hydrogen (secondary N) is 1. The van der Waals surface area contributed by atoms with Crippen LogP contribution in [-0.2, 0) is 0 Å². The van der Waals surface area contributed by atoms with Crippen LogP contribution in [0, 0.1) is 0 Å². The van der Waals surface area contributed by atoms with Crippen LogP contribution in [0.25, 0.3) is 0 Å². The smallest absolute Gasteiger partial charge is 0.322 e. The molecular weight excluding hydrogens is 252 g/mol. The Labute approximate surface area is 109 Å². The van der Waals surface area contributed by atoms with Crippen molar-refractivity contribution in [2.24, 2.45) is 0 Å². The number of amides is 2. The molecule has 1 aromatic carbocycles. The van der Waals surface area contributed by atoms with E-state index in [2.05, 4.69) is 5.32 Å². The molecule has 4 nitrogen and oxygen atoms in total. The Balaban J connectivity index is 1.97. The first-order valence-electron chi connectivity index (χ1n) is 5.62. The van der Waals surface area contributed by atoms with E-state index in [9.17, 15) is 4.79 Å². The number of urea groups is 1. The largest absolute Gasteiger partial charge is 0.467 e. The molecule has 0 saturated carbocycles. The van der Waals surface area contributed by atoms with Gasteiger partial charge in [0.1, 0.15) is 11.8 Å². The fourth-order valence-electron chi connectivity index (χ4n) is 2.11. The minimum atomic E-state index is -0.126. The Morgan fingerprint density at radius 1 is 1.28 bits per heavy atom.